The normalized spacial score (nSPS) is 11.9. The molecule has 0 bridgehead atoms. The molecular weight excluding hydrogens is 286 g/mol. The van der Waals surface area contributed by atoms with Gasteiger partial charge in [-0.2, -0.15) is 11.8 Å². The van der Waals surface area contributed by atoms with Crippen LogP contribution in [-0.4, -0.2) is 22.7 Å². The van der Waals surface area contributed by atoms with Crippen LogP contribution in [-0.2, 0) is 15.3 Å². The fourth-order valence-electron chi connectivity index (χ4n) is 1.92. The van der Waals surface area contributed by atoms with Crippen molar-refractivity contribution < 1.29 is 14.7 Å². The van der Waals surface area contributed by atoms with E-state index in [9.17, 15) is 9.59 Å². The number of benzene rings is 1. The number of hydrogen-bond acceptors (Lipinski definition) is 3. The third kappa shape index (κ3) is 7.18. The average molecular weight is 309 g/mol. The van der Waals surface area contributed by atoms with Crippen molar-refractivity contribution >= 4 is 29.3 Å². The van der Waals surface area contributed by atoms with Gasteiger partial charge in [-0.1, -0.05) is 32.4 Å². The maximum atomic E-state index is 12.0. The Morgan fingerprint density at radius 1 is 1.38 bits per heavy atom. The number of carbonyl (C=O) groups excluding carboxylic acids is 1. The Labute approximate surface area is 130 Å². The summed E-state index contributed by atoms with van der Waals surface area (Å²) >= 11 is 1.58. The molecule has 5 heteroatoms. The zero-order valence-electron chi connectivity index (χ0n) is 12.6. The van der Waals surface area contributed by atoms with Crippen molar-refractivity contribution in [3.8, 4) is 0 Å². The Morgan fingerprint density at radius 2 is 2.14 bits per heavy atom. The minimum atomic E-state index is -0.770. The van der Waals surface area contributed by atoms with Crippen LogP contribution in [0.3, 0.4) is 0 Å². The number of thioether (sulfide) groups is 1. The van der Waals surface area contributed by atoms with Gasteiger partial charge in [-0.05, 0) is 24.1 Å². The van der Waals surface area contributed by atoms with Crippen molar-refractivity contribution in [1.29, 1.82) is 0 Å². The second kappa shape index (κ2) is 9.45. The molecule has 2 N–H and O–H groups in total. The Morgan fingerprint density at radius 3 is 2.81 bits per heavy atom. The smallest absolute Gasteiger partial charge is 0.304 e. The Balaban J connectivity index is 2.48. The van der Waals surface area contributed by atoms with Crippen LogP contribution < -0.4 is 5.32 Å². The highest BCUT2D eigenvalue weighted by Crippen LogP contribution is 2.18. The molecular formula is C16H23NO3S. The molecule has 0 fully saturated rings. The molecule has 1 atom stereocenters. The van der Waals surface area contributed by atoms with E-state index < -0.39 is 5.97 Å². The molecule has 0 aliphatic heterocycles. The minimum absolute atomic E-state index is 0.0172. The number of carboxylic acids is 1. The fraction of sp³-hybridized carbons (Fsp3) is 0.500. The standard InChI is InChI=1S/C16H23NO3S/c1-3-5-12(2)16(20)17-14-7-4-6-13(10-14)11-21-9-8-15(18)19/h4,6-7,10,12H,3,5,8-9,11H2,1-2H3,(H,17,20)(H,18,19). The van der Waals surface area contributed by atoms with Gasteiger partial charge in [0.2, 0.25) is 5.91 Å². The first-order valence-electron chi connectivity index (χ1n) is 7.22. The number of carboxylic acid groups (broad SMARTS) is 1. The van der Waals surface area contributed by atoms with Gasteiger partial charge in [-0.15, -0.1) is 0 Å². The molecule has 4 nitrogen and oxygen atoms in total. The first-order valence-corrected chi connectivity index (χ1v) is 8.37. The van der Waals surface area contributed by atoms with Crippen molar-refractivity contribution in [3.63, 3.8) is 0 Å². The summed E-state index contributed by atoms with van der Waals surface area (Å²) in [4.78, 5) is 22.4. The first-order chi connectivity index (χ1) is 10.0. The second-order valence-corrected chi connectivity index (χ2v) is 6.18. The predicted octanol–water partition coefficient (Wildman–Crippen LogP) is 3.77. The van der Waals surface area contributed by atoms with E-state index >= 15 is 0 Å². The number of nitrogens with one attached hydrogen (secondary N) is 1. The second-order valence-electron chi connectivity index (χ2n) is 5.08. The molecule has 0 heterocycles. The third-order valence-corrected chi connectivity index (χ3v) is 4.12. The quantitative estimate of drug-likeness (QED) is 0.681. The molecule has 116 valence electrons. The summed E-state index contributed by atoms with van der Waals surface area (Å²) in [5.74, 6) is 0.644. The van der Waals surface area contributed by atoms with Crippen LogP contribution in [0.2, 0.25) is 0 Å². The van der Waals surface area contributed by atoms with Gasteiger partial charge < -0.3 is 10.4 Å². The molecule has 21 heavy (non-hydrogen) atoms. The van der Waals surface area contributed by atoms with Crippen LogP contribution in [0.15, 0.2) is 24.3 Å². The van der Waals surface area contributed by atoms with Gasteiger partial charge in [0.1, 0.15) is 0 Å². The molecule has 0 aromatic heterocycles. The molecule has 1 amide bonds. The number of hydrogen-bond donors (Lipinski definition) is 2. The summed E-state index contributed by atoms with van der Waals surface area (Å²) in [5.41, 5.74) is 1.89. The number of carbonyl (C=O) groups is 2. The monoisotopic (exact) mass is 309 g/mol. The summed E-state index contributed by atoms with van der Waals surface area (Å²) < 4.78 is 0. The van der Waals surface area contributed by atoms with Crippen molar-refractivity contribution in [3.05, 3.63) is 29.8 Å². The lowest BCUT2D eigenvalue weighted by molar-refractivity contribution is -0.136. The molecule has 0 radical (unpaired) electrons. The summed E-state index contributed by atoms with van der Waals surface area (Å²) in [6.07, 6.45) is 2.06. The average Bonchev–Trinajstić information content (AvgIpc) is 2.44. The molecule has 1 aromatic carbocycles. The van der Waals surface area contributed by atoms with Crippen LogP contribution in [0, 0.1) is 5.92 Å². The molecule has 0 aliphatic carbocycles. The first kappa shape index (κ1) is 17.6. The summed E-state index contributed by atoms with van der Waals surface area (Å²) in [6, 6.07) is 7.72. The third-order valence-electron chi connectivity index (χ3n) is 3.09. The van der Waals surface area contributed by atoms with E-state index in [4.69, 9.17) is 5.11 Å². The zero-order chi connectivity index (χ0) is 15.7. The maximum Gasteiger partial charge on any atom is 0.304 e. The van der Waals surface area contributed by atoms with Gasteiger partial charge in [0.05, 0.1) is 6.42 Å². The highest BCUT2D eigenvalue weighted by molar-refractivity contribution is 7.98. The molecule has 0 spiro atoms. The van der Waals surface area contributed by atoms with Gasteiger partial charge in [0.15, 0.2) is 0 Å². The summed E-state index contributed by atoms with van der Waals surface area (Å²) in [5, 5.41) is 11.5. The van der Waals surface area contributed by atoms with E-state index in [0.717, 1.165) is 29.8 Å². The van der Waals surface area contributed by atoms with Gasteiger partial charge in [0, 0.05) is 23.1 Å². The maximum absolute atomic E-state index is 12.0. The fourth-order valence-corrected chi connectivity index (χ4v) is 2.80. The Kier molecular flexibility index (Phi) is 7.90. The van der Waals surface area contributed by atoms with Crippen molar-refractivity contribution in [1.82, 2.24) is 0 Å². The Hall–Kier alpha value is -1.49. The lowest BCUT2D eigenvalue weighted by Crippen LogP contribution is -2.20. The van der Waals surface area contributed by atoms with Crippen LogP contribution in [0.4, 0.5) is 5.69 Å². The van der Waals surface area contributed by atoms with Gasteiger partial charge in [0.25, 0.3) is 0 Å². The van der Waals surface area contributed by atoms with Crippen molar-refractivity contribution in [2.24, 2.45) is 5.92 Å². The summed E-state index contributed by atoms with van der Waals surface area (Å²) in [7, 11) is 0. The van der Waals surface area contributed by atoms with E-state index in [2.05, 4.69) is 12.2 Å². The summed E-state index contributed by atoms with van der Waals surface area (Å²) in [6.45, 7) is 4.00. The molecule has 0 aliphatic rings. The van der Waals surface area contributed by atoms with Crippen molar-refractivity contribution in [2.45, 2.75) is 38.9 Å². The molecule has 1 rings (SSSR count). The van der Waals surface area contributed by atoms with Crippen LogP contribution >= 0.6 is 11.8 Å². The zero-order valence-corrected chi connectivity index (χ0v) is 13.4. The van der Waals surface area contributed by atoms with Gasteiger partial charge in [-0.25, -0.2) is 0 Å². The van der Waals surface area contributed by atoms with E-state index in [-0.39, 0.29) is 18.2 Å². The highest BCUT2D eigenvalue weighted by atomic mass is 32.2. The van der Waals surface area contributed by atoms with Gasteiger partial charge in [-0.3, -0.25) is 9.59 Å². The number of amides is 1. The number of rotatable bonds is 9. The van der Waals surface area contributed by atoms with Gasteiger partial charge >= 0.3 is 5.97 Å². The van der Waals surface area contributed by atoms with Crippen LogP contribution in [0.1, 0.15) is 38.7 Å². The van der Waals surface area contributed by atoms with E-state index in [1.165, 1.54) is 0 Å². The minimum Gasteiger partial charge on any atom is -0.481 e. The molecule has 1 aromatic rings. The Bertz CT molecular complexity index is 476. The van der Waals surface area contributed by atoms with Crippen LogP contribution in [0.5, 0.6) is 0 Å². The number of aliphatic carboxylic acids is 1. The topological polar surface area (TPSA) is 66.4 Å². The molecule has 1 unspecified atom stereocenters. The van der Waals surface area contributed by atoms with E-state index in [0.29, 0.717) is 5.75 Å². The SMILES string of the molecule is CCCC(C)C(=O)Nc1cccc(CSCCC(=O)O)c1. The van der Waals surface area contributed by atoms with E-state index in [1.807, 2.05) is 31.2 Å². The van der Waals surface area contributed by atoms with Crippen LogP contribution in [0.25, 0.3) is 0 Å². The highest BCUT2D eigenvalue weighted by Gasteiger charge is 2.11. The molecule has 0 saturated carbocycles. The lowest BCUT2D eigenvalue weighted by Gasteiger charge is -2.12. The van der Waals surface area contributed by atoms with E-state index in [1.54, 1.807) is 11.8 Å². The molecule has 0 saturated heterocycles. The predicted molar refractivity (Wildman–Crippen MR) is 87.6 cm³/mol. The lowest BCUT2D eigenvalue weighted by atomic mass is 10.1. The van der Waals surface area contributed by atoms with Crippen molar-refractivity contribution in [2.75, 3.05) is 11.1 Å². The largest absolute Gasteiger partial charge is 0.481 e. The number of anilines is 1.